The van der Waals surface area contributed by atoms with Gasteiger partial charge in [-0.25, -0.2) is 9.18 Å². The first kappa shape index (κ1) is 27.5. The minimum Gasteiger partial charge on any atom is -0.444 e. The Bertz CT molecular complexity index is 929. The van der Waals surface area contributed by atoms with E-state index < -0.39 is 52.9 Å². The van der Waals surface area contributed by atoms with Gasteiger partial charge in [-0.05, 0) is 26.7 Å². The number of halogens is 4. The fraction of sp³-hybridized carbons (Fsp3) is 0.650. The van der Waals surface area contributed by atoms with Crippen LogP contribution >= 0.6 is 11.3 Å². The lowest BCUT2D eigenvalue weighted by atomic mass is 10.0. The Labute approximate surface area is 197 Å². The molecule has 0 aromatic carbocycles. The number of ether oxygens (including phenoxy) is 1. The molecule has 34 heavy (non-hydrogen) atoms. The molecule has 14 heteroatoms. The van der Waals surface area contributed by atoms with Crippen molar-refractivity contribution in [1.29, 1.82) is 0 Å². The average molecular weight is 510 g/mol. The van der Waals surface area contributed by atoms with Crippen LogP contribution in [0.1, 0.15) is 46.0 Å². The normalized spacial score (nSPS) is 20.0. The fourth-order valence-electron chi connectivity index (χ4n) is 2.98. The summed E-state index contributed by atoms with van der Waals surface area (Å²) < 4.78 is 57.1. The summed E-state index contributed by atoms with van der Waals surface area (Å²) in [5, 5.41) is 9.56. The van der Waals surface area contributed by atoms with E-state index >= 15 is 0 Å². The molecule has 3 unspecified atom stereocenters. The van der Waals surface area contributed by atoms with Crippen LogP contribution in [0, 0.1) is 5.92 Å². The van der Waals surface area contributed by atoms with Crippen LogP contribution in [0.5, 0.6) is 0 Å². The molecule has 3 amide bonds. The van der Waals surface area contributed by atoms with Crippen molar-refractivity contribution in [2.24, 2.45) is 5.92 Å². The third-order valence-electron chi connectivity index (χ3n) is 4.56. The number of nitrogens with zero attached hydrogens (tertiary/aromatic N) is 3. The maximum absolute atomic E-state index is 14.0. The zero-order valence-corrected chi connectivity index (χ0v) is 20.1. The van der Waals surface area contributed by atoms with Crippen LogP contribution in [0.15, 0.2) is 12.2 Å². The summed E-state index contributed by atoms with van der Waals surface area (Å²) in [6.45, 7) is 8.19. The van der Waals surface area contributed by atoms with Crippen LogP contribution in [0.3, 0.4) is 0 Å². The van der Waals surface area contributed by atoms with Crippen LogP contribution < -0.4 is 10.6 Å². The molecule has 2 heterocycles. The highest BCUT2D eigenvalue weighted by molar-refractivity contribution is 7.15. The molecule has 0 saturated carbocycles. The Kier molecular flexibility index (Phi) is 8.61. The van der Waals surface area contributed by atoms with Crippen molar-refractivity contribution < 1.29 is 36.7 Å². The summed E-state index contributed by atoms with van der Waals surface area (Å²) in [5.41, 5.74) is -0.823. The summed E-state index contributed by atoms with van der Waals surface area (Å²) in [4.78, 5) is 38.4. The van der Waals surface area contributed by atoms with E-state index in [0.717, 1.165) is 11.0 Å². The highest BCUT2D eigenvalue weighted by Crippen LogP contribution is 2.33. The van der Waals surface area contributed by atoms with Gasteiger partial charge in [0.25, 0.3) is 0 Å². The largest absolute Gasteiger partial charge is 0.445 e. The number of likely N-dealkylation sites (tertiary alicyclic amines) is 1. The number of amides is 3. The predicted octanol–water partition coefficient (Wildman–Crippen LogP) is 3.54. The van der Waals surface area contributed by atoms with Gasteiger partial charge in [0.1, 0.15) is 17.8 Å². The number of carbonyl (C=O) groups is 3. The topological polar surface area (TPSA) is 114 Å². The van der Waals surface area contributed by atoms with Crippen molar-refractivity contribution >= 4 is 34.4 Å². The van der Waals surface area contributed by atoms with Gasteiger partial charge in [-0.1, -0.05) is 31.3 Å². The van der Waals surface area contributed by atoms with Gasteiger partial charge in [-0.3, -0.25) is 19.8 Å². The Morgan fingerprint density at radius 2 is 1.85 bits per heavy atom. The molecule has 190 valence electrons. The number of rotatable bonds is 6. The van der Waals surface area contributed by atoms with E-state index in [4.69, 9.17) is 4.74 Å². The van der Waals surface area contributed by atoms with Crippen LogP contribution in [-0.4, -0.2) is 63.4 Å². The standard InChI is InChI=1S/C20H27F4N5O4S/c1-10(2)12(6-7-14(30)26-17-28-27-16(34-17)20(22,23)24)25-15(31)13-8-11(21)9-29(13)18(32)33-19(3,4)5/h6-7,10-13H,8-9H2,1-5H3,(H,25,31)(H,26,28,30). The molecule has 0 radical (unpaired) electrons. The number of hydrogen-bond acceptors (Lipinski definition) is 7. The van der Waals surface area contributed by atoms with Gasteiger partial charge in [0, 0.05) is 18.5 Å². The van der Waals surface area contributed by atoms with Gasteiger partial charge in [-0.15, -0.1) is 10.2 Å². The Morgan fingerprint density at radius 1 is 1.21 bits per heavy atom. The molecule has 1 aromatic rings. The maximum Gasteiger partial charge on any atom is 0.445 e. The van der Waals surface area contributed by atoms with Crippen molar-refractivity contribution in [2.75, 3.05) is 11.9 Å². The maximum atomic E-state index is 14.0. The third-order valence-corrected chi connectivity index (χ3v) is 5.44. The Balaban J connectivity index is 2.03. The van der Waals surface area contributed by atoms with Crippen LogP contribution in [0.2, 0.25) is 0 Å². The number of anilines is 1. The van der Waals surface area contributed by atoms with Crippen molar-refractivity contribution in [3.05, 3.63) is 17.2 Å². The summed E-state index contributed by atoms with van der Waals surface area (Å²) in [5.74, 6) is -1.59. The first-order valence-electron chi connectivity index (χ1n) is 10.4. The summed E-state index contributed by atoms with van der Waals surface area (Å²) in [7, 11) is 0. The number of nitrogens with one attached hydrogen (secondary N) is 2. The van der Waals surface area contributed by atoms with E-state index in [1.54, 1.807) is 34.6 Å². The minimum absolute atomic E-state index is 0.175. The molecule has 0 spiro atoms. The molecular weight excluding hydrogens is 482 g/mol. The van der Waals surface area contributed by atoms with Crippen LogP contribution in [0.25, 0.3) is 0 Å². The molecule has 2 N–H and O–H groups in total. The number of carbonyl (C=O) groups excluding carboxylic acids is 3. The van der Waals surface area contributed by atoms with Gasteiger partial charge in [0.2, 0.25) is 22.0 Å². The van der Waals surface area contributed by atoms with Gasteiger partial charge < -0.3 is 10.1 Å². The zero-order valence-electron chi connectivity index (χ0n) is 19.3. The Morgan fingerprint density at radius 3 is 2.38 bits per heavy atom. The molecule has 1 saturated heterocycles. The quantitative estimate of drug-likeness (QED) is 0.448. The SMILES string of the molecule is CC(C)C(C=CC(=O)Nc1nnc(C(F)(F)F)s1)NC(=O)C1CC(F)CN1C(=O)OC(C)(C)C. The summed E-state index contributed by atoms with van der Waals surface area (Å²) in [6.07, 6.45) is -4.68. The second-order valence-corrected chi connectivity index (χ2v) is 10.00. The molecule has 3 atom stereocenters. The van der Waals surface area contributed by atoms with Crippen LogP contribution in [0.4, 0.5) is 27.5 Å². The fourth-order valence-corrected chi connectivity index (χ4v) is 3.59. The molecule has 0 bridgehead atoms. The average Bonchev–Trinajstić information content (AvgIpc) is 3.30. The van der Waals surface area contributed by atoms with Crippen LogP contribution in [-0.2, 0) is 20.5 Å². The van der Waals surface area contributed by atoms with Crippen molar-refractivity contribution in [1.82, 2.24) is 20.4 Å². The monoisotopic (exact) mass is 509 g/mol. The minimum atomic E-state index is -4.67. The van der Waals surface area contributed by atoms with E-state index in [1.165, 1.54) is 6.08 Å². The van der Waals surface area contributed by atoms with E-state index in [-0.39, 0.29) is 35.4 Å². The third kappa shape index (κ3) is 7.92. The lowest BCUT2D eigenvalue weighted by Gasteiger charge is -2.29. The van der Waals surface area contributed by atoms with Gasteiger partial charge in [0.05, 0.1) is 6.54 Å². The lowest BCUT2D eigenvalue weighted by Crippen LogP contribution is -2.50. The number of alkyl halides is 4. The number of aromatic nitrogens is 2. The number of hydrogen-bond donors (Lipinski definition) is 2. The van der Waals surface area contributed by atoms with E-state index in [0.29, 0.717) is 0 Å². The summed E-state index contributed by atoms with van der Waals surface area (Å²) in [6, 6.07) is -1.77. The second-order valence-electron chi connectivity index (χ2n) is 9.02. The van der Waals surface area contributed by atoms with Crippen molar-refractivity contribution in [2.45, 2.75) is 71.1 Å². The molecule has 2 rings (SSSR count). The molecule has 0 aliphatic carbocycles. The smallest absolute Gasteiger partial charge is 0.444 e. The highest BCUT2D eigenvalue weighted by atomic mass is 32.1. The van der Waals surface area contributed by atoms with Crippen molar-refractivity contribution in [3.8, 4) is 0 Å². The van der Waals surface area contributed by atoms with E-state index in [1.807, 2.05) is 0 Å². The van der Waals surface area contributed by atoms with Gasteiger partial charge in [0.15, 0.2) is 0 Å². The van der Waals surface area contributed by atoms with Gasteiger partial charge in [-0.2, -0.15) is 13.2 Å². The first-order chi connectivity index (χ1) is 15.6. The molecule has 1 aliphatic rings. The summed E-state index contributed by atoms with van der Waals surface area (Å²) >= 11 is 0.175. The molecular formula is C20H27F4N5O4S. The van der Waals surface area contributed by atoms with Gasteiger partial charge >= 0.3 is 12.3 Å². The molecule has 9 nitrogen and oxygen atoms in total. The Hall–Kier alpha value is -2.77. The molecule has 1 aliphatic heterocycles. The van der Waals surface area contributed by atoms with Crippen molar-refractivity contribution in [3.63, 3.8) is 0 Å². The first-order valence-corrected chi connectivity index (χ1v) is 11.2. The van der Waals surface area contributed by atoms with E-state index in [2.05, 4.69) is 20.8 Å². The lowest BCUT2D eigenvalue weighted by molar-refractivity contribution is -0.138. The molecule has 1 aromatic heterocycles. The predicted molar refractivity (Wildman–Crippen MR) is 116 cm³/mol. The highest BCUT2D eigenvalue weighted by Gasteiger charge is 2.42. The zero-order chi connectivity index (χ0) is 25.8. The second kappa shape index (κ2) is 10.7. The molecule has 1 fully saturated rings. The van der Waals surface area contributed by atoms with E-state index in [9.17, 15) is 31.9 Å².